The van der Waals surface area contributed by atoms with Gasteiger partial charge in [0.1, 0.15) is 0 Å². The van der Waals surface area contributed by atoms with Gasteiger partial charge in [0.25, 0.3) is 0 Å². The molecule has 1 atom stereocenters. The fourth-order valence-corrected chi connectivity index (χ4v) is 2.14. The number of aromatic carboxylic acids is 1. The lowest BCUT2D eigenvalue weighted by Crippen LogP contribution is -2.08. The minimum atomic E-state index is -0.950. The lowest BCUT2D eigenvalue weighted by Gasteiger charge is -2.16. The van der Waals surface area contributed by atoms with Crippen LogP contribution in [0.15, 0.2) is 24.5 Å². The fourth-order valence-electron chi connectivity index (χ4n) is 2.14. The van der Waals surface area contributed by atoms with E-state index in [-0.39, 0.29) is 18.2 Å². The highest BCUT2D eigenvalue weighted by Crippen LogP contribution is 2.23. The molecule has 2 N–H and O–H groups in total. The van der Waals surface area contributed by atoms with Gasteiger partial charge in [-0.15, -0.1) is 0 Å². The van der Waals surface area contributed by atoms with Crippen LogP contribution in [-0.4, -0.2) is 32.3 Å². The van der Waals surface area contributed by atoms with Gasteiger partial charge in [-0.05, 0) is 31.0 Å². The largest absolute Gasteiger partial charge is 0.478 e. The van der Waals surface area contributed by atoms with Gasteiger partial charge in [-0.1, -0.05) is 6.92 Å². The molecule has 0 bridgehead atoms. The molecule has 0 spiro atoms. The topological polar surface area (TPSA) is 75.3 Å². The van der Waals surface area contributed by atoms with E-state index < -0.39 is 5.97 Å². The molecule has 1 aromatic heterocycles. The Balaban J connectivity index is 2.45. The highest BCUT2D eigenvalue weighted by Gasteiger charge is 2.13. The third-order valence-corrected chi connectivity index (χ3v) is 3.15. The van der Waals surface area contributed by atoms with Crippen LogP contribution in [0, 0.1) is 0 Å². The number of imidazole rings is 1. The number of rotatable bonds is 5. The number of aliphatic hydroxyl groups is 1. The fraction of sp³-hybridized carbons (Fsp3) is 0.385. The van der Waals surface area contributed by atoms with Crippen LogP contribution in [0.1, 0.15) is 36.2 Å². The highest BCUT2D eigenvalue weighted by molar-refractivity contribution is 5.92. The van der Waals surface area contributed by atoms with Gasteiger partial charge >= 0.3 is 5.97 Å². The summed E-state index contributed by atoms with van der Waals surface area (Å²) in [6.07, 6.45) is 3.27. The van der Waals surface area contributed by atoms with Crippen molar-refractivity contribution in [2.24, 2.45) is 0 Å². The number of aliphatic hydroxyl groups excluding tert-OH is 1. The smallest absolute Gasteiger partial charge is 0.335 e. The van der Waals surface area contributed by atoms with E-state index in [0.717, 1.165) is 11.9 Å². The Hall–Kier alpha value is -1.88. The summed E-state index contributed by atoms with van der Waals surface area (Å²) >= 11 is 0. The predicted molar refractivity (Wildman–Crippen MR) is 67.7 cm³/mol. The molecule has 5 heteroatoms. The molecule has 0 saturated heterocycles. The summed E-state index contributed by atoms with van der Waals surface area (Å²) in [7, 11) is 0. The summed E-state index contributed by atoms with van der Waals surface area (Å²) < 4.78 is 2.00. The van der Waals surface area contributed by atoms with Crippen LogP contribution in [-0.2, 0) is 0 Å². The SMILES string of the molecule is CCC(CCO)n1cnc2cc(C(=O)O)ccc21. The van der Waals surface area contributed by atoms with Crippen molar-refractivity contribution in [3.05, 3.63) is 30.1 Å². The van der Waals surface area contributed by atoms with Gasteiger partial charge in [0.05, 0.1) is 22.9 Å². The van der Waals surface area contributed by atoms with E-state index >= 15 is 0 Å². The first kappa shape index (κ1) is 12.6. The molecule has 0 saturated carbocycles. The van der Waals surface area contributed by atoms with Crippen LogP contribution in [0.4, 0.5) is 0 Å². The molecule has 0 aliphatic heterocycles. The maximum absolute atomic E-state index is 10.9. The molecule has 0 radical (unpaired) electrons. The zero-order chi connectivity index (χ0) is 13.1. The average Bonchev–Trinajstić information content (AvgIpc) is 2.78. The molecule has 2 rings (SSSR count). The van der Waals surface area contributed by atoms with E-state index in [1.807, 2.05) is 4.57 Å². The Labute approximate surface area is 105 Å². The summed E-state index contributed by atoms with van der Waals surface area (Å²) in [5.41, 5.74) is 1.81. The molecule has 1 unspecified atom stereocenters. The lowest BCUT2D eigenvalue weighted by atomic mass is 10.1. The molecule has 0 aliphatic rings. The molecule has 18 heavy (non-hydrogen) atoms. The second-order valence-corrected chi connectivity index (χ2v) is 4.23. The number of fused-ring (bicyclic) bond motifs is 1. The molecule has 1 heterocycles. The maximum Gasteiger partial charge on any atom is 0.335 e. The van der Waals surface area contributed by atoms with Gasteiger partial charge in [-0.2, -0.15) is 0 Å². The molecule has 0 aliphatic carbocycles. The maximum atomic E-state index is 10.9. The molecule has 1 aromatic carbocycles. The van der Waals surface area contributed by atoms with Crippen LogP contribution >= 0.6 is 0 Å². The minimum absolute atomic E-state index is 0.130. The summed E-state index contributed by atoms with van der Waals surface area (Å²) in [5, 5.41) is 18.0. The normalized spacial score (nSPS) is 12.8. The predicted octanol–water partition coefficient (Wildman–Crippen LogP) is 2.07. The van der Waals surface area contributed by atoms with E-state index in [1.54, 1.807) is 24.5 Å². The van der Waals surface area contributed by atoms with Crippen molar-refractivity contribution < 1.29 is 15.0 Å². The summed E-state index contributed by atoms with van der Waals surface area (Å²) in [6.45, 7) is 2.18. The van der Waals surface area contributed by atoms with Gasteiger partial charge in [0.2, 0.25) is 0 Å². The first-order valence-corrected chi connectivity index (χ1v) is 5.98. The molecule has 0 fully saturated rings. The second kappa shape index (κ2) is 5.18. The zero-order valence-electron chi connectivity index (χ0n) is 10.2. The van der Waals surface area contributed by atoms with E-state index in [1.165, 1.54) is 0 Å². The van der Waals surface area contributed by atoms with Gasteiger partial charge < -0.3 is 14.8 Å². The lowest BCUT2D eigenvalue weighted by molar-refractivity contribution is 0.0697. The Morgan fingerprint density at radius 3 is 2.89 bits per heavy atom. The van der Waals surface area contributed by atoms with Crippen molar-refractivity contribution in [3.8, 4) is 0 Å². The van der Waals surface area contributed by atoms with E-state index in [0.29, 0.717) is 11.9 Å². The second-order valence-electron chi connectivity index (χ2n) is 4.23. The Kier molecular flexibility index (Phi) is 3.62. The average molecular weight is 248 g/mol. The first-order valence-electron chi connectivity index (χ1n) is 5.98. The number of benzene rings is 1. The molecule has 96 valence electrons. The van der Waals surface area contributed by atoms with Crippen molar-refractivity contribution >= 4 is 17.0 Å². The van der Waals surface area contributed by atoms with Crippen molar-refractivity contribution in [3.63, 3.8) is 0 Å². The number of carbonyl (C=O) groups is 1. The summed E-state index contributed by atoms with van der Waals surface area (Å²) in [6, 6.07) is 5.11. The number of hydrogen-bond acceptors (Lipinski definition) is 3. The number of carboxylic acid groups (broad SMARTS) is 1. The van der Waals surface area contributed by atoms with Crippen molar-refractivity contribution in [2.45, 2.75) is 25.8 Å². The van der Waals surface area contributed by atoms with E-state index in [2.05, 4.69) is 11.9 Å². The first-order chi connectivity index (χ1) is 8.67. The quantitative estimate of drug-likeness (QED) is 0.849. The highest BCUT2D eigenvalue weighted by atomic mass is 16.4. The Bertz CT molecular complexity index is 562. The third kappa shape index (κ3) is 2.22. The van der Waals surface area contributed by atoms with Crippen LogP contribution in [0.3, 0.4) is 0 Å². The van der Waals surface area contributed by atoms with Crippen LogP contribution < -0.4 is 0 Å². The monoisotopic (exact) mass is 248 g/mol. The molecular weight excluding hydrogens is 232 g/mol. The summed E-state index contributed by atoms with van der Waals surface area (Å²) in [5.74, 6) is -0.950. The van der Waals surface area contributed by atoms with Gasteiger partial charge in [0, 0.05) is 12.6 Å². The number of hydrogen-bond donors (Lipinski definition) is 2. The molecular formula is C13H16N2O3. The van der Waals surface area contributed by atoms with E-state index in [4.69, 9.17) is 10.2 Å². The number of nitrogens with zero attached hydrogens (tertiary/aromatic N) is 2. The molecule has 5 nitrogen and oxygen atoms in total. The van der Waals surface area contributed by atoms with Crippen LogP contribution in [0.5, 0.6) is 0 Å². The standard InChI is InChI=1S/C13H16N2O3/c1-2-10(5-6-16)15-8-14-11-7-9(13(17)18)3-4-12(11)15/h3-4,7-8,10,16H,2,5-6H2,1H3,(H,17,18). The van der Waals surface area contributed by atoms with Crippen molar-refractivity contribution in [2.75, 3.05) is 6.61 Å². The van der Waals surface area contributed by atoms with Crippen LogP contribution in [0.25, 0.3) is 11.0 Å². The van der Waals surface area contributed by atoms with Gasteiger partial charge in [0.15, 0.2) is 0 Å². The van der Waals surface area contributed by atoms with E-state index in [9.17, 15) is 4.79 Å². The summed E-state index contributed by atoms with van der Waals surface area (Å²) in [4.78, 5) is 15.1. The number of aromatic nitrogens is 2. The van der Waals surface area contributed by atoms with Crippen molar-refractivity contribution in [1.82, 2.24) is 9.55 Å². The Morgan fingerprint density at radius 2 is 2.28 bits per heavy atom. The Morgan fingerprint density at radius 1 is 1.50 bits per heavy atom. The third-order valence-electron chi connectivity index (χ3n) is 3.15. The number of carboxylic acids is 1. The van der Waals surface area contributed by atoms with Gasteiger partial charge in [-0.3, -0.25) is 0 Å². The minimum Gasteiger partial charge on any atom is -0.478 e. The molecule has 2 aromatic rings. The van der Waals surface area contributed by atoms with Gasteiger partial charge in [-0.25, -0.2) is 9.78 Å². The van der Waals surface area contributed by atoms with Crippen LogP contribution in [0.2, 0.25) is 0 Å². The van der Waals surface area contributed by atoms with Crippen molar-refractivity contribution in [1.29, 1.82) is 0 Å². The molecule has 0 amide bonds. The zero-order valence-corrected chi connectivity index (χ0v) is 10.2.